The van der Waals surface area contributed by atoms with E-state index in [2.05, 4.69) is 0 Å². The van der Waals surface area contributed by atoms with Crippen molar-refractivity contribution in [3.63, 3.8) is 0 Å². The molecular weight excluding hydrogens is 194 g/mol. The summed E-state index contributed by atoms with van der Waals surface area (Å²) in [6.45, 7) is -2.77. The van der Waals surface area contributed by atoms with Crippen LogP contribution in [0, 0.1) is 0 Å². The molecule has 0 aliphatic rings. The van der Waals surface area contributed by atoms with Gasteiger partial charge in [0, 0.05) is 6.08 Å². The number of hydrogen-bond acceptors (Lipinski definition) is 2. The summed E-state index contributed by atoms with van der Waals surface area (Å²) in [7, 11) is 0. The third kappa shape index (κ3) is 4.61. The normalized spacial score (nSPS) is 13.1. The van der Waals surface area contributed by atoms with Crippen LogP contribution in [0.15, 0.2) is 36.4 Å². The maximum atomic E-state index is 11.2. The number of nitrogens with one attached hydrogen (secondary N) is 1. The third-order valence-corrected chi connectivity index (χ3v) is 1.52. The monoisotopic (exact) mass is 207 g/mol. The molecule has 0 fully saturated rings. The van der Waals surface area contributed by atoms with Crippen LogP contribution in [-0.2, 0) is 9.59 Å². The van der Waals surface area contributed by atoms with Gasteiger partial charge in [0.05, 0.1) is 2.74 Å². The van der Waals surface area contributed by atoms with Crippen LogP contribution in [0.5, 0.6) is 0 Å². The van der Waals surface area contributed by atoms with Gasteiger partial charge < -0.3 is 10.4 Å². The van der Waals surface area contributed by atoms with E-state index in [0.29, 0.717) is 0 Å². The smallest absolute Gasteiger partial charge is 0.322 e. The third-order valence-electron chi connectivity index (χ3n) is 1.52. The maximum absolute atomic E-state index is 11.2. The minimum Gasteiger partial charge on any atom is -0.480 e. The molecular formula is C11H11NO3. The van der Waals surface area contributed by atoms with Gasteiger partial charge in [-0.25, -0.2) is 0 Å². The number of carboxylic acids is 1. The largest absolute Gasteiger partial charge is 0.480 e. The average molecular weight is 207 g/mol. The zero-order valence-corrected chi connectivity index (χ0v) is 7.81. The summed E-state index contributed by atoms with van der Waals surface area (Å²) in [6.07, 6.45) is 2.55. The van der Waals surface area contributed by atoms with Crippen LogP contribution in [0.4, 0.5) is 0 Å². The molecule has 4 heteroatoms. The number of aliphatic carboxylic acids is 1. The van der Waals surface area contributed by atoms with Crippen molar-refractivity contribution in [3.8, 4) is 0 Å². The Morgan fingerprint density at radius 2 is 2.07 bits per heavy atom. The van der Waals surface area contributed by atoms with Crippen molar-refractivity contribution in [2.45, 2.75) is 0 Å². The first kappa shape index (κ1) is 8.23. The lowest BCUT2D eigenvalue weighted by atomic mass is 10.2. The fraction of sp³-hybridized carbons (Fsp3) is 0.0909. The molecule has 15 heavy (non-hydrogen) atoms. The highest BCUT2D eigenvalue weighted by Gasteiger charge is 1.98. The number of carbonyl (C=O) groups excluding carboxylic acids is 1. The van der Waals surface area contributed by atoms with Crippen molar-refractivity contribution in [3.05, 3.63) is 42.0 Å². The van der Waals surface area contributed by atoms with Gasteiger partial charge in [-0.2, -0.15) is 0 Å². The van der Waals surface area contributed by atoms with E-state index >= 15 is 0 Å². The van der Waals surface area contributed by atoms with Crippen molar-refractivity contribution in [2.24, 2.45) is 0 Å². The molecule has 0 saturated carbocycles. The molecule has 0 radical (unpaired) electrons. The fourth-order valence-electron chi connectivity index (χ4n) is 0.893. The molecule has 0 aliphatic heterocycles. The number of amides is 1. The van der Waals surface area contributed by atoms with Crippen molar-refractivity contribution >= 4 is 18.0 Å². The van der Waals surface area contributed by atoms with Crippen molar-refractivity contribution in [2.75, 3.05) is 6.50 Å². The predicted octanol–water partition coefficient (Wildman–Crippen LogP) is 0.901. The summed E-state index contributed by atoms with van der Waals surface area (Å²) in [4.78, 5) is 21.7. The molecule has 1 rings (SSSR count). The van der Waals surface area contributed by atoms with Crippen LogP contribution in [0.3, 0.4) is 0 Å². The molecule has 78 valence electrons. The highest BCUT2D eigenvalue weighted by molar-refractivity contribution is 5.93. The summed E-state index contributed by atoms with van der Waals surface area (Å²) >= 11 is 0. The minimum atomic E-state index is -2.77. The maximum Gasteiger partial charge on any atom is 0.322 e. The first-order chi connectivity index (χ1) is 7.92. The van der Waals surface area contributed by atoms with Gasteiger partial charge in [-0.1, -0.05) is 30.3 Å². The van der Waals surface area contributed by atoms with E-state index in [1.165, 1.54) is 6.08 Å². The number of hydrogen-bond donors (Lipinski definition) is 2. The molecule has 0 spiro atoms. The van der Waals surface area contributed by atoms with Gasteiger partial charge >= 0.3 is 5.97 Å². The Morgan fingerprint density at radius 1 is 1.40 bits per heavy atom. The zero-order chi connectivity index (χ0) is 12.9. The first-order valence-electron chi connectivity index (χ1n) is 5.20. The van der Waals surface area contributed by atoms with Crippen LogP contribution >= 0.6 is 0 Å². The Kier molecular flexibility index (Phi) is 3.07. The Labute approximate surface area is 90.0 Å². The highest BCUT2D eigenvalue weighted by atomic mass is 16.4. The molecule has 0 heterocycles. The molecule has 0 atom stereocenters. The van der Waals surface area contributed by atoms with E-state index in [0.717, 1.165) is 11.6 Å². The first-order valence-corrected chi connectivity index (χ1v) is 4.20. The van der Waals surface area contributed by atoms with Crippen molar-refractivity contribution in [1.82, 2.24) is 5.32 Å². The molecule has 1 amide bonds. The topological polar surface area (TPSA) is 66.4 Å². The number of benzene rings is 1. The molecule has 0 aliphatic carbocycles. The van der Waals surface area contributed by atoms with Crippen LogP contribution in [0.25, 0.3) is 6.08 Å². The van der Waals surface area contributed by atoms with Crippen LogP contribution in [0.1, 0.15) is 8.30 Å². The van der Waals surface area contributed by atoms with Gasteiger partial charge in [0.15, 0.2) is 0 Å². The minimum absolute atomic E-state index is 0.763. The lowest BCUT2D eigenvalue weighted by Crippen LogP contribution is -2.27. The zero-order valence-electron chi connectivity index (χ0n) is 9.81. The summed E-state index contributed by atoms with van der Waals surface area (Å²) in [5, 5.41) is 10.2. The highest BCUT2D eigenvalue weighted by Crippen LogP contribution is 2.00. The molecule has 0 aromatic heterocycles. The van der Waals surface area contributed by atoms with Crippen LogP contribution in [0.2, 0.25) is 0 Å². The van der Waals surface area contributed by atoms with E-state index in [9.17, 15) is 9.59 Å². The molecule has 2 N–H and O–H groups in total. The van der Waals surface area contributed by atoms with Gasteiger partial charge in [0.25, 0.3) is 0 Å². The Morgan fingerprint density at radius 3 is 2.67 bits per heavy atom. The van der Waals surface area contributed by atoms with Gasteiger partial charge in [-0.3, -0.25) is 9.59 Å². The second kappa shape index (κ2) is 5.59. The average Bonchev–Trinajstić information content (AvgIpc) is 2.27. The van der Waals surface area contributed by atoms with Gasteiger partial charge in [0.2, 0.25) is 5.91 Å². The Bertz CT molecular complexity index is 443. The second-order valence-corrected chi connectivity index (χ2v) is 2.66. The molecule has 4 nitrogen and oxygen atoms in total. The number of carboxylic acid groups (broad SMARTS) is 1. The molecule has 1 aromatic rings. The van der Waals surface area contributed by atoms with E-state index < -0.39 is 18.4 Å². The summed E-state index contributed by atoms with van der Waals surface area (Å²) in [6, 6.07) is 8.91. The summed E-state index contributed by atoms with van der Waals surface area (Å²) < 4.78 is 14.0. The molecule has 0 bridgehead atoms. The van der Waals surface area contributed by atoms with Crippen molar-refractivity contribution < 1.29 is 17.4 Å². The van der Waals surface area contributed by atoms with Gasteiger partial charge in [-0.05, 0) is 11.6 Å². The van der Waals surface area contributed by atoms with E-state index in [-0.39, 0.29) is 0 Å². The number of carbonyl (C=O) groups is 2. The summed E-state index contributed by atoms with van der Waals surface area (Å²) in [5.41, 5.74) is 0.763. The predicted molar refractivity (Wildman–Crippen MR) is 56.1 cm³/mol. The van der Waals surface area contributed by atoms with Gasteiger partial charge in [-0.15, -0.1) is 0 Å². The standard InChI is InChI=1S/C11H11NO3/c13-10(12-8-11(14)15)7-6-9-4-2-1-3-5-9/h1-7H,8H2,(H,12,13)(H,14,15)/b7-6+/i8D2. The van der Waals surface area contributed by atoms with E-state index in [1.54, 1.807) is 29.6 Å². The fourth-order valence-corrected chi connectivity index (χ4v) is 0.893. The molecule has 1 aromatic carbocycles. The van der Waals surface area contributed by atoms with Gasteiger partial charge in [0.1, 0.15) is 6.50 Å². The second-order valence-electron chi connectivity index (χ2n) is 2.66. The quantitative estimate of drug-likeness (QED) is 0.721. The SMILES string of the molecule is [2H]C([2H])(NC(=O)/C=C/c1ccccc1)C(=O)O. The lowest BCUT2D eigenvalue weighted by Gasteiger charge is -1.96. The number of rotatable bonds is 4. The molecule has 0 unspecified atom stereocenters. The van der Waals surface area contributed by atoms with Crippen LogP contribution in [-0.4, -0.2) is 23.5 Å². The van der Waals surface area contributed by atoms with Crippen LogP contribution < -0.4 is 5.32 Å². The van der Waals surface area contributed by atoms with E-state index in [1.807, 2.05) is 6.07 Å². The summed E-state index contributed by atoms with van der Waals surface area (Å²) in [5.74, 6) is -2.54. The Balaban J connectivity index is 2.62. The van der Waals surface area contributed by atoms with Crippen molar-refractivity contribution in [1.29, 1.82) is 0 Å². The van der Waals surface area contributed by atoms with E-state index in [4.69, 9.17) is 7.85 Å². The Hall–Kier alpha value is -2.10. The molecule has 0 saturated heterocycles. The lowest BCUT2D eigenvalue weighted by molar-refractivity contribution is -0.137.